The molecule has 2 N–H and O–H groups in total. The number of nitrogens with one attached hydrogen (secondary N) is 2. The number of aryl methyl sites for hydroxylation is 1. The van der Waals surface area contributed by atoms with E-state index >= 15 is 0 Å². The summed E-state index contributed by atoms with van der Waals surface area (Å²) in [6, 6.07) is 16.2. The summed E-state index contributed by atoms with van der Waals surface area (Å²) < 4.78 is 23.2. The van der Waals surface area contributed by atoms with Gasteiger partial charge in [0, 0.05) is 35.6 Å². The summed E-state index contributed by atoms with van der Waals surface area (Å²) in [5, 5.41) is 7.47. The topological polar surface area (TPSA) is 98.4 Å². The normalized spacial score (nSPS) is 21.3. The molecule has 0 saturated carbocycles. The van der Waals surface area contributed by atoms with Crippen LogP contribution in [0, 0.1) is 12.8 Å². The molecule has 0 aliphatic carbocycles. The molecule has 4 aliphatic rings. The van der Waals surface area contributed by atoms with Gasteiger partial charge in [0.15, 0.2) is 11.5 Å². The Hall–Kier alpha value is -3.54. The van der Waals surface area contributed by atoms with E-state index in [0.717, 1.165) is 48.5 Å². The van der Waals surface area contributed by atoms with Crippen LogP contribution < -0.4 is 20.1 Å². The van der Waals surface area contributed by atoms with Crippen LogP contribution in [0.5, 0.6) is 11.5 Å². The van der Waals surface area contributed by atoms with Crippen LogP contribution in [0.2, 0.25) is 0 Å². The van der Waals surface area contributed by atoms with Crippen LogP contribution in [0.4, 0.5) is 0 Å². The largest absolute Gasteiger partial charge is 0.493 e. The lowest BCUT2D eigenvalue weighted by molar-refractivity contribution is -0.161. The fourth-order valence-electron chi connectivity index (χ4n) is 6.69. The Kier molecular flexibility index (Phi) is 11.5. The van der Waals surface area contributed by atoms with Gasteiger partial charge in [-0.3, -0.25) is 10.2 Å². The maximum absolute atomic E-state index is 13.7. The first kappa shape index (κ1) is 35.3. The molecule has 0 spiro atoms. The predicted molar refractivity (Wildman–Crippen MR) is 191 cm³/mol. The second-order valence-corrected chi connectivity index (χ2v) is 14.6. The van der Waals surface area contributed by atoms with E-state index in [1.807, 2.05) is 43.3 Å². The van der Waals surface area contributed by atoms with Gasteiger partial charge in [-0.2, -0.15) is 0 Å². The number of halogens is 2. The van der Waals surface area contributed by atoms with Crippen molar-refractivity contribution in [1.29, 1.82) is 0 Å². The Bertz CT molecular complexity index is 1730. The highest BCUT2D eigenvalue weighted by Gasteiger charge is 2.38. The molecule has 4 aliphatic heterocycles. The summed E-state index contributed by atoms with van der Waals surface area (Å²) in [5.41, 5.74) is 3.27. The number of hydrogen-bond acceptors (Lipinski definition) is 10. The molecule has 49 heavy (non-hydrogen) atoms. The number of thiophene rings is 1. The highest BCUT2D eigenvalue weighted by Crippen LogP contribution is 2.38. The number of fused-ring (bicyclic) bond motifs is 3. The smallest absolute Gasteiger partial charge is 0.348 e. The van der Waals surface area contributed by atoms with Crippen LogP contribution in [0.3, 0.4) is 0 Å². The average molecular weight is 727 g/mol. The number of hydrogen-bond donors (Lipinski definition) is 2. The van der Waals surface area contributed by atoms with Gasteiger partial charge in [0.1, 0.15) is 23.1 Å². The minimum Gasteiger partial charge on any atom is -0.493 e. The van der Waals surface area contributed by atoms with Crippen LogP contribution in [-0.4, -0.2) is 63.3 Å². The lowest BCUT2D eigenvalue weighted by atomic mass is 9.86. The van der Waals surface area contributed by atoms with Crippen LogP contribution in [0.1, 0.15) is 62.6 Å². The van der Waals surface area contributed by atoms with Crippen LogP contribution in [-0.2, 0) is 20.8 Å². The van der Waals surface area contributed by atoms with Crippen molar-refractivity contribution >= 4 is 46.5 Å². The molecule has 0 radical (unpaired) electrons. The van der Waals surface area contributed by atoms with Gasteiger partial charge in [-0.1, -0.05) is 53.5 Å². The summed E-state index contributed by atoms with van der Waals surface area (Å²) in [6.07, 6.45) is 3.26. The van der Waals surface area contributed by atoms with Crippen molar-refractivity contribution < 1.29 is 28.5 Å². The molecule has 9 nitrogen and oxygen atoms in total. The van der Waals surface area contributed by atoms with Crippen LogP contribution >= 0.6 is 34.5 Å². The number of ether oxygens (including phenoxy) is 4. The van der Waals surface area contributed by atoms with Gasteiger partial charge < -0.3 is 24.3 Å². The van der Waals surface area contributed by atoms with Crippen molar-refractivity contribution in [2.45, 2.75) is 51.0 Å². The molecule has 7 rings (SSSR count). The SMILES string of the molecule is COc1ccc([C@H](CC2=C(Cl)CNC=C2Cl)OC(=O)c2ccc(CNC(C(=O)O[C@H]3CN4CCC3CC4)c3ccccc3C)s2)cc1OC. The first-order valence-electron chi connectivity index (χ1n) is 16.4. The van der Waals surface area contributed by atoms with E-state index in [4.69, 9.17) is 42.1 Å². The first-order valence-corrected chi connectivity index (χ1v) is 18.0. The van der Waals surface area contributed by atoms with Gasteiger partial charge in [0.05, 0.1) is 25.8 Å². The number of nitrogens with zero attached hydrogens (tertiary/aromatic N) is 1. The Balaban J connectivity index is 1.17. The standard InChI is InChI=1S/C37H41Cl2N3O6S/c1-22-6-4-5-7-26(22)35(37(44)48-33-21-42-14-12-23(33)13-15-42)41-18-25-9-11-34(49-25)36(43)47-31(17-27-28(38)19-40-20-29(27)39)24-8-10-30(45-2)32(16-24)46-3/h4-11,16,19,23,31,33,35,40-41H,12-15,17-18,20-21H2,1-3H3/t31-,33-,35?/m0/s1. The summed E-state index contributed by atoms with van der Waals surface area (Å²) in [6.45, 7) is 5.73. The van der Waals surface area contributed by atoms with E-state index in [-0.39, 0.29) is 18.5 Å². The minimum atomic E-state index is -0.716. The zero-order valence-corrected chi connectivity index (χ0v) is 30.1. The average Bonchev–Trinajstić information content (AvgIpc) is 3.59. The van der Waals surface area contributed by atoms with Crippen molar-refractivity contribution in [2.24, 2.45) is 5.92 Å². The van der Waals surface area contributed by atoms with Gasteiger partial charge in [0.25, 0.3) is 0 Å². The summed E-state index contributed by atoms with van der Waals surface area (Å²) in [5.74, 6) is 0.710. The number of benzene rings is 2. The van der Waals surface area contributed by atoms with E-state index in [9.17, 15) is 9.59 Å². The highest BCUT2D eigenvalue weighted by atomic mass is 35.5. The van der Waals surface area contributed by atoms with Crippen molar-refractivity contribution in [3.8, 4) is 11.5 Å². The van der Waals surface area contributed by atoms with Crippen molar-refractivity contribution in [3.63, 3.8) is 0 Å². The number of methoxy groups -OCH3 is 2. The molecule has 3 atom stereocenters. The predicted octanol–water partition coefficient (Wildman–Crippen LogP) is 7.01. The molecular formula is C37H41Cl2N3O6S. The Morgan fingerprint density at radius 2 is 1.82 bits per heavy atom. The van der Waals surface area contributed by atoms with Gasteiger partial charge >= 0.3 is 11.9 Å². The van der Waals surface area contributed by atoms with Gasteiger partial charge in [-0.25, -0.2) is 9.59 Å². The monoisotopic (exact) mass is 725 g/mol. The molecule has 0 amide bonds. The minimum absolute atomic E-state index is 0.0917. The second-order valence-electron chi connectivity index (χ2n) is 12.5. The highest BCUT2D eigenvalue weighted by molar-refractivity contribution is 7.13. The zero-order valence-electron chi connectivity index (χ0n) is 27.8. The number of esters is 2. The Morgan fingerprint density at radius 3 is 2.51 bits per heavy atom. The molecule has 2 aromatic carbocycles. The molecule has 12 heteroatoms. The van der Waals surface area contributed by atoms with E-state index in [1.54, 1.807) is 38.6 Å². The number of carbonyl (C=O) groups excluding carboxylic acids is 2. The van der Waals surface area contributed by atoms with Crippen LogP contribution in [0.25, 0.3) is 0 Å². The molecule has 3 aromatic rings. The maximum atomic E-state index is 13.7. The van der Waals surface area contributed by atoms with E-state index in [1.165, 1.54) is 11.3 Å². The van der Waals surface area contributed by atoms with Crippen molar-refractivity contribution in [3.05, 3.63) is 103 Å². The summed E-state index contributed by atoms with van der Waals surface area (Å²) in [7, 11) is 3.11. The van der Waals surface area contributed by atoms with Gasteiger partial charge in [0.2, 0.25) is 0 Å². The molecule has 1 aromatic heterocycles. The third-order valence-corrected chi connectivity index (χ3v) is 11.2. The van der Waals surface area contributed by atoms with Crippen LogP contribution in [0.15, 0.2) is 76.4 Å². The number of allylic oxidation sites excluding steroid dienone is 1. The lowest BCUT2D eigenvalue weighted by Gasteiger charge is -2.44. The molecule has 260 valence electrons. The van der Waals surface area contributed by atoms with Gasteiger partial charge in [-0.15, -0.1) is 11.3 Å². The van der Waals surface area contributed by atoms with Crippen molar-refractivity contribution in [2.75, 3.05) is 40.4 Å². The fraction of sp³-hybridized carbons (Fsp3) is 0.405. The quantitative estimate of drug-likeness (QED) is 0.181. The van der Waals surface area contributed by atoms with Gasteiger partial charge in [-0.05, 0) is 85.3 Å². The Labute approximate surface area is 301 Å². The molecule has 2 bridgehead atoms. The second kappa shape index (κ2) is 16.0. The molecule has 5 heterocycles. The fourth-order valence-corrected chi connectivity index (χ4v) is 8.11. The van der Waals surface area contributed by atoms with E-state index in [2.05, 4.69) is 15.5 Å². The number of carbonyl (C=O) groups is 2. The lowest BCUT2D eigenvalue weighted by Crippen LogP contribution is -2.52. The molecule has 3 saturated heterocycles. The third-order valence-electron chi connectivity index (χ3n) is 9.46. The summed E-state index contributed by atoms with van der Waals surface area (Å²) in [4.78, 5) is 31.0. The molecule has 1 unspecified atom stereocenters. The van der Waals surface area contributed by atoms with Crippen molar-refractivity contribution in [1.82, 2.24) is 15.5 Å². The number of piperidine rings is 3. The van der Waals surface area contributed by atoms with E-state index in [0.29, 0.717) is 56.6 Å². The molecule has 3 fully saturated rings. The maximum Gasteiger partial charge on any atom is 0.348 e. The Morgan fingerprint density at radius 1 is 1.04 bits per heavy atom. The summed E-state index contributed by atoms with van der Waals surface area (Å²) >= 11 is 14.4. The third kappa shape index (κ3) is 8.27. The number of dihydropyridines is 1. The zero-order chi connectivity index (χ0) is 34.5. The number of rotatable bonds is 13. The molecular weight excluding hydrogens is 685 g/mol. The van der Waals surface area contributed by atoms with E-state index < -0.39 is 18.1 Å². The first-order chi connectivity index (χ1) is 23.7.